The highest BCUT2D eigenvalue weighted by Crippen LogP contribution is 2.41. The molecule has 0 aliphatic rings. The predicted molar refractivity (Wildman–Crippen MR) is 208 cm³/mol. The number of furan rings is 1. The van der Waals surface area contributed by atoms with Crippen LogP contribution >= 0.6 is 11.3 Å². The van der Waals surface area contributed by atoms with Gasteiger partial charge >= 0.3 is 0 Å². The van der Waals surface area contributed by atoms with Crippen molar-refractivity contribution in [3.8, 4) is 39.9 Å². The molecule has 0 N–H and O–H groups in total. The van der Waals surface area contributed by atoms with Crippen LogP contribution < -0.4 is 0 Å². The van der Waals surface area contributed by atoms with Gasteiger partial charge in [0.15, 0.2) is 17.5 Å². The number of hydrogen-bond donors (Lipinski definition) is 0. The van der Waals surface area contributed by atoms with Gasteiger partial charge in [0.2, 0.25) is 0 Å². The average Bonchev–Trinajstić information content (AvgIpc) is 3.87. The van der Waals surface area contributed by atoms with E-state index in [9.17, 15) is 0 Å². The smallest absolute Gasteiger partial charge is 0.167 e. The molecule has 5 aromatic heterocycles. The molecule has 0 bridgehead atoms. The summed E-state index contributed by atoms with van der Waals surface area (Å²) in [5.74, 6) is 1.80. The van der Waals surface area contributed by atoms with Crippen molar-refractivity contribution in [2.24, 2.45) is 0 Å². The Kier molecular flexibility index (Phi) is 6.02. The molecule has 6 nitrogen and oxygen atoms in total. The van der Waals surface area contributed by atoms with Gasteiger partial charge in [0.05, 0.1) is 16.8 Å². The van der Waals surface area contributed by atoms with Crippen molar-refractivity contribution >= 4 is 75.4 Å². The minimum absolute atomic E-state index is 0.562. The number of para-hydroxylation sites is 2. The highest BCUT2D eigenvalue weighted by Gasteiger charge is 2.21. The van der Waals surface area contributed by atoms with Crippen molar-refractivity contribution in [2.45, 2.75) is 0 Å². The summed E-state index contributed by atoms with van der Waals surface area (Å²) < 4.78 is 11.4. The highest BCUT2D eigenvalue weighted by molar-refractivity contribution is 7.25. The van der Waals surface area contributed by atoms with Crippen LogP contribution in [0, 0.1) is 0 Å². The van der Waals surface area contributed by atoms with E-state index in [1.165, 1.54) is 20.2 Å². The fraction of sp³-hybridized carbons (Fsp3) is 0. The first-order valence-corrected chi connectivity index (χ1v) is 17.6. The SMILES string of the molecule is c1ccc(-c2nc(-c3cccc4c3oc3cc(-n5c6ccccc6c6cccnc65)ccc34)nc(-c3cccc4sc5ccccc5c34)n2)cc1. The molecule has 0 atom stereocenters. The highest BCUT2D eigenvalue weighted by atomic mass is 32.1. The number of pyridine rings is 1. The van der Waals surface area contributed by atoms with Crippen molar-refractivity contribution in [1.29, 1.82) is 0 Å². The number of fused-ring (bicyclic) bond motifs is 9. The van der Waals surface area contributed by atoms with E-state index in [1.807, 2.05) is 48.7 Å². The van der Waals surface area contributed by atoms with Crippen LogP contribution in [0.2, 0.25) is 0 Å². The van der Waals surface area contributed by atoms with Gasteiger partial charge < -0.3 is 4.42 Å². The number of aromatic nitrogens is 5. The lowest BCUT2D eigenvalue weighted by Crippen LogP contribution is -2.00. The van der Waals surface area contributed by atoms with Crippen molar-refractivity contribution < 1.29 is 4.42 Å². The molecule has 0 radical (unpaired) electrons. The summed E-state index contributed by atoms with van der Waals surface area (Å²) in [6.45, 7) is 0. The fourth-order valence-electron chi connectivity index (χ4n) is 7.45. The molecule has 11 aromatic rings. The molecule has 0 aliphatic heterocycles. The molecule has 7 heteroatoms. The molecular weight excluding hydrogens is 647 g/mol. The molecule has 51 heavy (non-hydrogen) atoms. The van der Waals surface area contributed by atoms with E-state index in [2.05, 4.69) is 108 Å². The Hall–Kier alpha value is -6.70. The fourth-order valence-corrected chi connectivity index (χ4v) is 8.59. The maximum Gasteiger partial charge on any atom is 0.167 e. The van der Waals surface area contributed by atoms with E-state index in [0.717, 1.165) is 66.3 Å². The van der Waals surface area contributed by atoms with Crippen LogP contribution in [0.25, 0.3) is 104 Å². The van der Waals surface area contributed by atoms with Gasteiger partial charge in [-0.15, -0.1) is 11.3 Å². The molecule has 0 saturated heterocycles. The van der Waals surface area contributed by atoms with Crippen molar-refractivity contribution in [3.63, 3.8) is 0 Å². The molecule has 0 amide bonds. The monoisotopic (exact) mass is 671 g/mol. The van der Waals surface area contributed by atoms with E-state index in [1.54, 1.807) is 11.3 Å². The van der Waals surface area contributed by atoms with Gasteiger partial charge in [0, 0.05) is 65.1 Å². The summed E-state index contributed by atoms with van der Waals surface area (Å²) in [5, 5.41) is 6.66. The van der Waals surface area contributed by atoms with Crippen LogP contribution in [0.1, 0.15) is 0 Å². The van der Waals surface area contributed by atoms with Gasteiger partial charge in [0.1, 0.15) is 16.8 Å². The topological polar surface area (TPSA) is 69.6 Å². The summed E-state index contributed by atoms with van der Waals surface area (Å²) in [6.07, 6.45) is 1.84. The summed E-state index contributed by atoms with van der Waals surface area (Å²) in [4.78, 5) is 20.1. The van der Waals surface area contributed by atoms with Crippen LogP contribution in [0.15, 0.2) is 156 Å². The lowest BCUT2D eigenvalue weighted by atomic mass is 10.0. The van der Waals surface area contributed by atoms with Crippen LogP contribution in [0.3, 0.4) is 0 Å². The summed E-state index contributed by atoms with van der Waals surface area (Å²) in [5.41, 5.74) is 7.23. The lowest BCUT2D eigenvalue weighted by Gasteiger charge is -2.10. The Bertz CT molecular complexity index is 3100. The largest absolute Gasteiger partial charge is 0.455 e. The van der Waals surface area contributed by atoms with Crippen LogP contribution in [0.5, 0.6) is 0 Å². The maximum atomic E-state index is 6.78. The maximum absolute atomic E-state index is 6.78. The Morgan fingerprint density at radius 3 is 2.14 bits per heavy atom. The number of benzene rings is 6. The molecule has 238 valence electrons. The Morgan fingerprint density at radius 2 is 1.22 bits per heavy atom. The van der Waals surface area contributed by atoms with E-state index < -0.39 is 0 Å². The summed E-state index contributed by atoms with van der Waals surface area (Å²) in [7, 11) is 0. The summed E-state index contributed by atoms with van der Waals surface area (Å²) >= 11 is 1.79. The molecule has 0 saturated carbocycles. The van der Waals surface area contributed by atoms with Crippen LogP contribution in [-0.2, 0) is 0 Å². The zero-order valence-corrected chi connectivity index (χ0v) is 27.8. The van der Waals surface area contributed by atoms with Crippen molar-refractivity contribution in [3.05, 3.63) is 152 Å². The van der Waals surface area contributed by atoms with E-state index in [4.69, 9.17) is 24.4 Å². The van der Waals surface area contributed by atoms with Crippen molar-refractivity contribution in [1.82, 2.24) is 24.5 Å². The van der Waals surface area contributed by atoms with E-state index in [-0.39, 0.29) is 0 Å². The standard InChI is InChI=1S/C44H25N5OS/c1-2-11-26(12-3-1)41-46-42(33-16-9-21-38-39(33)32-14-5-7-20-37(32)51-38)48-43(47-41)34-17-8-15-30-29-23-22-27(25-36(29)50-40(30)34)49-35-19-6-4-13-28(35)31-18-10-24-45-44(31)49/h1-25H. The first-order chi connectivity index (χ1) is 25.3. The van der Waals surface area contributed by atoms with Gasteiger partial charge in [-0.1, -0.05) is 91.0 Å². The van der Waals surface area contributed by atoms with Gasteiger partial charge in [-0.25, -0.2) is 19.9 Å². The second kappa shape index (κ2) is 10.9. The number of thiophene rings is 1. The predicted octanol–water partition coefficient (Wildman–Crippen LogP) is 11.6. The Balaban J connectivity index is 1.14. The molecule has 0 aliphatic carbocycles. The Labute approximate surface area is 294 Å². The first kappa shape index (κ1) is 28.2. The minimum atomic E-state index is 0.562. The second-order valence-corrected chi connectivity index (χ2v) is 13.7. The van der Waals surface area contributed by atoms with Gasteiger partial charge in [-0.05, 0) is 48.5 Å². The zero-order chi connectivity index (χ0) is 33.5. The number of hydrogen-bond acceptors (Lipinski definition) is 6. The van der Waals surface area contributed by atoms with E-state index >= 15 is 0 Å². The molecule has 11 rings (SSSR count). The third-order valence-electron chi connectivity index (χ3n) is 9.73. The third-order valence-corrected chi connectivity index (χ3v) is 10.9. The van der Waals surface area contributed by atoms with Gasteiger partial charge in [-0.2, -0.15) is 0 Å². The quantitative estimate of drug-likeness (QED) is 0.186. The van der Waals surface area contributed by atoms with Crippen LogP contribution in [-0.4, -0.2) is 24.5 Å². The van der Waals surface area contributed by atoms with Gasteiger partial charge in [0.25, 0.3) is 0 Å². The zero-order valence-electron chi connectivity index (χ0n) is 27.0. The first-order valence-electron chi connectivity index (χ1n) is 16.8. The Morgan fingerprint density at radius 1 is 0.510 bits per heavy atom. The van der Waals surface area contributed by atoms with Crippen LogP contribution in [0.4, 0.5) is 0 Å². The molecule has 0 fully saturated rings. The molecule has 5 heterocycles. The second-order valence-electron chi connectivity index (χ2n) is 12.6. The molecule has 6 aromatic carbocycles. The minimum Gasteiger partial charge on any atom is -0.455 e. The summed E-state index contributed by atoms with van der Waals surface area (Å²) in [6, 6.07) is 50.1. The van der Waals surface area contributed by atoms with Gasteiger partial charge in [-0.3, -0.25) is 4.57 Å². The van der Waals surface area contributed by atoms with E-state index in [0.29, 0.717) is 17.5 Å². The lowest BCUT2D eigenvalue weighted by molar-refractivity contribution is 0.669. The molecule has 0 unspecified atom stereocenters. The number of nitrogens with zero attached hydrogens (tertiary/aromatic N) is 5. The molecular formula is C44H25N5OS. The van der Waals surface area contributed by atoms with Crippen molar-refractivity contribution in [2.75, 3.05) is 0 Å². The third kappa shape index (κ3) is 4.28. The normalized spacial score (nSPS) is 11.9. The molecule has 0 spiro atoms. The number of rotatable bonds is 4. The average molecular weight is 672 g/mol.